The molecule has 2 fully saturated rings. The molecule has 0 radical (unpaired) electrons. The highest BCUT2D eigenvalue weighted by atomic mass is 32.2. The van der Waals surface area contributed by atoms with Crippen LogP contribution in [0.2, 0.25) is 0 Å². The fourth-order valence-corrected chi connectivity index (χ4v) is 6.40. The lowest BCUT2D eigenvalue weighted by Gasteiger charge is -2.42. The number of aryl methyl sites for hydroxylation is 1. The van der Waals surface area contributed by atoms with Crippen LogP contribution in [0.3, 0.4) is 0 Å². The van der Waals surface area contributed by atoms with E-state index in [1.807, 2.05) is 24.0 Å². The van der Waals surface area contributed by atoms with Gasteiger partial charge in [-0.25, -0.2) is 12.8 Å². The number of piperidine rings is 2. The summed E-state index contributed by atoms with van der Waals surface area (Å²) in [5.74, 6) is 0.318. The summed E-state index contributed by atoms with van der Waals surface area (Å²) in [7, 11) is -3.60. The van der Waals surface area contributed by atoms with Gasteiger partial charge in [0.2, 0.25) is 15.9 Å². The Bertz CT molecular complexity index is 1090. The fraction of sp³-hybridized carbons (Fsp3) is 0.519. The molecule has 8 heteroatoms. The van der Waals surface area contributed by atoms with E-state index >= 15 is 0 Å². The van der Waals surface area contributed by atoms with Crippen LogP contribution < -0.4 is 4.74 Å². The monoisotopic (exact) mass is 502 g/mol. The molecule has 0 bridgehead atoms. The molecule has 6 nitrogen and oxygen atoms in total. The number of carbonyl (C=O) groups is 1. The highest BCUT2D eigenvalue weighted by molar-refractivity contribution is 7.89. The van der Waals surface area contributed by atoms with Gasteiger partial charge in [0.05, 0.1) is 11.5 Å². The molecule has 2 aromatic rings. The van der Waals surface area contributed by atoms with Gasteiger partial charge in [0.1, 0.15) is 11.6 Å². The smallest absolute Gasteiger partial charge is 0.243 e. The average molecular weight is 503 g/mol. The molecule has 2 saturated heterocycles. The number of sulfonamides is 1. The summed E-state index contributed by atoms with van der Waals surface area (Å²) in [5.41, 5.74) is 0.622. The first-order valence-corrected chi connectivity index (χ1v) is 14.0. The molecule has 35 heavy (non-hydrogen) atoms. The van der Waals surface area contributed by atoms with Crippen LogP contribution >= 0.6 is 0 Å². The van der Waals surface area contributed by atoms with Crippen LogP contribution in [0.5, 0.6) is 5.75 Å². The highest BCUT2D eigenvalue weighted by Gasteiger charge is 2.41. The lowest BCUT2D eigenvalue weighted by Crippen LogP contribution is -2.48. The van der Waals surface area contributed by atoms with Crippen molar-refractivity contribution in [2.45, 2.75) is 56.8 Å². The summed E-state index contributed by atoms with van der Waals surface area (Å²) in [5, 5.41) is 0. The second kappa shape index (κ2) is 11.1. The van der Waals surface area contributed by atoms with Gasteiger partial charge in [-0.3, -0.25) is 4.79 Å². The van der Waals surface area contributed by atoms with Crippen molar-refractivity contribution in [1.29, 1.82) is 0 Å². The van der Waals surface area contributed by atoms with E-state index in [0.717, 1.165) is 44.3 Å². The Hall–Kier alpha value is -2.45. The molecule has 2 aliphatic rings. The summed E-state index contributed by atoms with van der Waals surface area (Å²) >= 11 is 0. The Balaban J connectivity index is 1.48. The Morgan fingerprint density at radius 2 is 1.57 bits per heavy atom. The van der Waals surface area contributed by atoms with E-state index in [1.165, 1.54) is 16.4 Å². The number of rotatable bonds is 8. The third-order valence-electron chi connectivity index (χ3n) is 7.35. The number of likely N-dealkylation sites (tertiary alicyclic amines) is 1. The standard InChI is InChI=1S/C27H35FN2O4S/c1-2-22-6-12-25(13-7-22)35(32,33)30-18-14-27(15-19-30,20-26(31)29-16-4-3-5-17-29)21-34-24-10-8-23(28)9-11-24/h6-13H,2-5,14-21H2,1H3. The lowest BCUT2D eigenvalue weighted by molar-refractivity contribution is -0.136. The van der Waals surface area contributed by atoms with Crippen LogP contribution in [-0.4, -0.2) is 56.3 Å². The van der Waals surface area contributed by atoms with Gasteiger partial charge in [-0.1, -0.05) is 19.1 Å². The number of amides is 1. The lowest BCUT2D eigenvalue weighted by atomic mass is 9.76. The summed E-state index contributed by atoms with van der Waals surface area (Å²) in [6.07, 6.45) is 5.43. The second-order valence-corrected chi connectivity index (χ2v) is 11.7. The largest absolute Gasteiger partial charge is 0.493 e. The van der Waals surface area contributed by atoms with Crippen LogP contribution in [0.4, 0.5) is 4.39 Å². The van der Waals surface area contributed by atoms with Gasteiger partial charge < -0.3 is 9.64 Å². The quantitative estimate of drug-likeness (QED) is 0.528. The van der Waals surface area contributed by atoms with Gasteiger partial charge in [-0.2, -0.15) is 4.31 Å². The van der Waals surface area contributed by atoms with Crippen LogP contribution in [0.15, 0.2) is 53.4 Å². The van der Waals surface area contributed by atoms with E-state index in [-0.39, 0.29) is 18.3 Å². The SMILES string of the molecule is CCc1ccc(S(=O)(=O)N2CCC(COc3ccc(F)cc3)(CC(=O)N3CCCCC3)CC2)cc1. The summed E-state index contributed by atoms with van der Waals surface area (Å²) in [6.45, 7) is 4.55. The topological polar surface area (TPSA) is 66.9 Å². The number of benzene rings is 2. The van der Waals surface area contributed by atoms with Crippen molar-refractivity contribution in [1.82, 2.24) is 9.21 Å². The van der Waals surface area contributed by atoms with Gasteiger partial charge in [0, 0.05) is 38.0 Å². The van der Waals surface area contributed by atoms with Crippen LogP contribution in [0.1, 0.15) is 51.0 Å². The fourth-order valence-electron chi connectivity index (χ4n) is 4.96. The first kappa shape index (κ1) is 25.6. The minimum atomic E-state index is -3.60. The summed E-state index contributed by atoms with van der Waals surface area (Å²) in [6, 6.07) is 12.9. The maximum Gasteiger partial charge on any atom is 0.243 e. The second-order valence-electron chi connectivity index (χ2n) is 9.76. The Morgan fingerprint density at radius 1 is 0.943 bits per heavy atom. The number of carbonyl (C=O) groups excluding carboxylic acids is 1. The minimum absolute atomic E-state index is 0.110. The first-order valence-electron chi connectivity index (χ1n) is 12.6. The van der Waals surface area contributed by atoms with Gasteiger partial charge in [0.25, 0.3) is 0 Å². The number of nitrogens with zero attached hydrogens (tertiary/aromatic N) is 2. The van der Waals surface area contributed by atoms with E-state index in [1.54, 1.807) is 24.3 Å². The predicted molar refractivity (Wildman–Crippen MR) is 133 cm³/mol. The number of halogens is 1. The average Bonchev–Trinajstić information content (AvgIpc) is 2.89. The Morgan fingerprint density at radius 3 is 2.17 bits per heavy atom. The van der Waals surface area contributed by atoms with Crippen LogP contribution in [0, 0.1) is 11.2 Å². The van der Waals surface area contributed by atoms with Crippen LogP contribution in [0.25, 0.3) is 0 Å². The molecule has 2 aliphatic heterocycles. The van der Waals surface area contributed by atoms with Crippen LogP contribution in [-0.2, 0) is 21.2 Å². The molecular weight excluding hydrogens is 467 g/mol. The summed E-state index contributed by atoms with van der Waals surface area (Å²) < 4.78 is 47.4. The maximum atomic E-state index is 13.3. The Kier molecular flexibility index (Phi) is 8.12. The van der Waals surface area contributed by atoms with E-state index in [4.69, 9.17) is 4.74 Å². The van der Waals surface area contributed by atoms with Gasteiger partial charge >= 0.3 is 0 Å². The molecule has 0 N–H and O–H groups in total. The minimum Gasteiger partial charge on any atom is -0.493 e. The van der Waals surface area contributed by atoms with Crippen molar-refractivity contribution in [3.8, 4) is 5.75 Å². The molecule has 0 saturated carbocycles. The highest BCUT2D eigenvalue weighted by Crippen LogP contribution is 2.38. The third kappa shape index (κ3) is 6.22. The molecule has 2 aromatic carbocycles. The zero-order valence-electron chi connectivity index (χ0n) is 20.4. The van der Waals surface area contributed by atoms with Crippen molar-refractivity contribution >= 4 is 15.9 Å². The Labute approximate surface area is 208 Å². The van der Waals surface area contributed by atoms with Crippen molar-refractivity contribution in [2.24, 2.45) is 5.41 Å². The molecule has 0 spiro atoms. The zero-order chi connectivity index (χ0) is 24.9. The van der Waals surface area contributed by atoms with Crippen molar-refractivity contribution in [3.05, 3.63) is 59.9 Å². The van der Waals surface area contributed by atoms with E-state index < -0.39 is 15.4 Å². The number of hydrogen-bond acceptors (Lipinski definition) is 4. The normalized spacial score (nSPS) is 18.9. The third-order valence-corrected chi connectivity index (χ3v) is 9.26. The number of ether oxygens (including phenoxy) is 1. The van der Waals surface area contributed by atoms with Crippen molar-refractivity contribution < 1.29 is 22.3 Å². The van der Waals surface area contributed by atoms with Gasteiger partial charge in [-0.05, 0) is 80.5 Å². The van der Waals surface area contributed by atoms with Crippen molar-refractivity contribution in [3.63, 3.8) is 0 Å². The molecule has 0 unspecified atom stereocenters. The van der Waals surface area contributed by atoms with E-state index in [2.05, 4.69) is 0 Å². The van der Waals surface area contributed by atoms with Gasteiger partial charge in [0.15, 0.2) is 0 Å². The molecule has 2 heterocycles. The van der Waals surface area contributed by atoms with Gasteiger partial charge in [-0.15, -0.1) is 0 Å². The summed E-state index contributed by atoms with van der Waals surface area (Å²) in [4.78, 5) is 15.4. The first-order chi connectivity index (χ1) is 16.8. The molecule has 0 aromatic heterocycles. The molecule has 4 rings (SSSR count). The maximum absolute atomic E-state index is 13.3. The molecular formula is C27H35FN2O4S. The zero-order valence-corrected chi connectivity index (χ0v) is 21.2. The molecule has 0 aliphatic carbocycles. The predicted octanol–water partition coefficient (Wildman–Crippen LogP) is 4.64. The number of hydrogen-bond donors (Lipinski definition) is 0. The molecule has 190 valence electrons. The molecule has 0 atom stereocenters. The molecule has 1 amide bonds. The van der Waals surface area contributed by atoms with E-state index in [9.17, 15) is 17.6 Å². The van der Waals surface area contributed by atoms with E-state index in [0.29, 0.717) is 43.0 Å². The van der Waals surface area contributed by atoms with Crippen molar-refractivity contribution in [2.75, 3.05) is 32.8 Å².